The lowest BCUT2D eigenvalue weighted by Crippen LogP contribution is -2.30. The molecule has 6 nitrogen and oxygen atoms in total. The number of hydrogen-bond acceptors (Lipinski definition) is 6. The molecule has 1 atom stereocenters. The molecule has 8 heteroatoms. The number of halogens is 1. The van der Waals surface area contributed by atoms with E-state index in [1.165, 1.54) is 16.2 Å². The molecule has 1 aromatic heterocycles. The summed E-state index contributed by atoms with van der Waals surface area (Å²) in [6.07, 6.45) is 3.18. The Morgan fingerprint density at radius 2 is 2.06 bits per heavy atom. The molecule has 4 rings (SSSR count). The SMILES string of the molecule is C=CCOc1ccc(C(=O)C2=C(O)C(=O)N(c3nccs3)C2c2cccc(Cl)c2)cc1. The lowest BCUT2D eigenvalue weighted by Gasteiger charge is -2.24. The van der Waals surface area contributed by atoms with Gasteiger partial charge in [0, 0.05) is 22.2 Å². The highest BCUT2D eigenvalue weighted by Gasteiger charge is 2.45. The summed E-state index contributed by atoms with van der Waals surface area (Å²) in [6, 6.07) is 12.5. The smallest absolute Gasteiger partial charge is 0.296 e. The Hall–Kier alpha value is -3.42. The molecule has 1 amide bonds. The van der Waals surface area contributed by atoms with E-state index >= 15 is 0 Å². The fourth-order valence-corrected chi connectivity index (χ4v) is 4.24. The number of carbonyl (C=O) groups excluding carboxylic acids is 2. The predicted molar refractivity (Wildman–Crippen MR) is 120 cm³/mol. The maximum atomic E-state index is 13.4. The van der Waals surface area contributed by atoms with Crippen LogP contribution in [0, 0.1) is 0 Å². The summed E-state index contributed by atoms with van der Waals surface area (Å²) < 4.78 is 5.45. The number of aromatic nitrogens is 1. The van der Waals surface area contributed by atoms with Crippen LogP contribution in [0.1, 0.15) is 22.0 Å². The van der Waals surface area contributed by atoms with Gasteiger partial charge in [-0.15, -0.1) is 11.3 Å². The van der Waals surface area contributed by atoms with Gasteiger partial charge in [0.2, 0.25) is 0 Å². The second kappa shape index (κ2) is 8.75. The second-order valence-corrected chi connectivity index (χ2v) is 7.97. The Morgan fingerprint density at radius 3 is 2.71 bits per heavy atom. The molecule has 1 unspecified atom stereocenters. The van der Waals surface area contributed by atoms with Gasteiger partial charge in [-0.05, 0) is 42.0 Å². The second-order valence-electron chi connectivity index (χ2n) is 6.66. The monoisotopic (exact) mass is 452 g/mol. The molecule has 0 aliphatic carbocycles. The molecular weight excluding hydrogens is 436 g/mol. The molecule has 0 radical (unpaired) electrons. The van der Waals surface area contributed by atoms with Crippen molar-refractivity contribution in [2.24, 2.45) is 0 Å². The van der Waals surface area contributed by atoms with E-state index in [4.69, 9.17) is 16.3 Å². The van der Waals surface area contributed by atoms with Crippen LogP contribution >= 0.6 is 22.9 Å². The molecule has 2 aromatic carbocycles. The first-order chi connectivity index (χ1) is 15.0. The topological polar surface area (TPSA) is 79.7 Å². The first kappa shape index (κ1) is 20.8. The lowest BCUT2D eigenvalue weighted by molar-refractivity contribution is -0.117. The Morgan fingerprint density at radius 1 is 1.29 bits per heavy atom. The molecule has 1 N–H and O–H groups in total. The van der Waals surface area contributed by atoms with Crippen molar-refractivity contribution in [2.75, 3.05) is 11.5 Å². The number of ketones is 1. The lowest BCUT2D eigenvalue weighted by atomic mass is 9.93. The van der Waals surface area contributed by atoms with Crippen molar-refractivity contribution in [3.05, 3.63) is 100 Å². The average molecular weight is 453 g/mol. The summed E-state index contributed by atoms with van der Waals surface area (Å²) in [6.45, 7) is 3.94. The van der Waals surface area contributed by atoms with E-state index in [0.717, 1.165) is 0 Å². The molecule has 31 heavy (non-hydrogen) atoms. The predicted octanol–water partition coefficient (Wildman–Crippen LogP) is 5.14. The van der Waals surface area contributed by atoms with Crippen LogP contribution in [0.4, 0.5) is 5.13 Å². The molecule has 0 saturated heterocycles. The Balaban J connectivity index is 1.77. The van der Waals surface area contributed by atoms with Crippen molar-refractivity contribution in [3.63, 3.8) is 0 Å². The minimum Gasteiger partial charge on any atom is -0.503 e. The maximum absolute atomic E-state index is 13.4. The molecule has 3 aromatic rings. The first-order valence-corrected chi connectivity index (χ1v) is 10.6. The van der Waals surface area contributed by atoms with Crippen LogP contribution in [-0.4, -0.2) is 28.4 Å². The highest BCUT2D eigenvalue weighted by Crippen LogP contribution is 2.43. The molecule has 1 aliphatic heterocycles. The molecule has 1 aliphatic rings. The van der Waals surface area contributed by atoms with Gasteiger partial charge in [-0.2, -0.15) is 0 Å². The zero-order valence-electron chi connectivity index (χ0n) is 16.2. The van der Waals surface area contributed by atoms with E-state index in [2.05, 4.69) is 11.6 Å². The number of thiazole rings is 1. The van der Waals surface area contributed by atoms with Crippen LogP contribution in [-0.2, 0) is 4.79 Å². The van der Waals surface area contributed by atoms with E-state index in [-0.39, 0.29) is 5.57 Å². The summed E-state index contributed by atoms with van der Waals surface area (Å²) in [5.74, 6) is -1.18. The number of nitrogens with zero attached hydrogens (tertiary/aromatic N) is 2. The molecule has 0 saturated carbocycles. The van der Waals surface area contributed by atoms with E-state index in [1.54, 1.807) is 66.2 Å². The highest BCUT2D eigenvalue weighted by molar-refractivity contribution is 7.13. The molecular formula is C23H17ClN2O4S. The largest absolute Gasteiger partial charge is 0.503 e. The number of hydrogen-bond donors (Lipinski definition) is 1. The van der Waals surface area contributed by atoms with Gasteiger partial charge >= 0.3 is 0 Å². The van der Waals surface area contributed by atoms with Crippen LogP contribution in [0.2, 0.25) is 5.02 Å². The number of Topliss-reactive ketones (excluding diaryl/α,β-unsaturated/α-hetero) is 1. The van der Waals surface area contributed by atoms with Crippen LogP contribution in [0.5, 0.6) is 5.75 Å². The molecule has 156 valence electrons. The summed E-state index contributed by atoms with van der Waals surface area (Å²) >= 11 is 7.41. The number of ether oxygens (including phenoxy) is 1. The van der Waals surface area contributed by atoms with E-state index < -0.39 is 23.5 Å². The zero-order valence-corrected chi connectivity index (χ0v) is 17.8. The third-order valence-electron chi connectivity index (χ3n) is 4.73. The average Bonchev–Trinajstić information content (AvgIpc) is 3.39. The molecule has 2 heterocycles. The van der Waals surface area contributed by atoms with Gasteiger partial charge < -0.3 is 9.84 Å². The zero-order chi connectivity index (χ0) is 22.0. The number of carbonyl (C=O) groups is 2. The van der Waals surface area contributed by atoms with Gasteiger partial charge in [0.05, 0.1) is 11.6 Å². The summed E-state index contributed by atoms with van der Waals surface area (Å²) in [5.41, 5.74) is 0.880. The maximum Gasteiger partial charge on any atom is 0.296 e. The van der Waals surface area contributed by atoms with E-state index in [1.807, 2.05) is 0 Å². The molecule has 0 bridgehead atoms. The van der Waals surface area contributed by atoms with Gasteiger partial charge in [0.15, 0.2) is 16.7 Å². The quantitative estimate of drug-likeness (QED) is 0.396. The third-order valence-corrected chi connectivity index (χ3v) is 5.73. The fraction of sp³-hybridized carbons (Fsp3) is 0.0870. The van der Waals surface area contributed by atoms with Gasteiger partial charge in [-0.3, -0.25) is 14.5 Å². The van der Waals surface area contributed by atoms with E-state index in [9.17, 15) is 14.7 Å². The van der Waals surface area contributed by atoms with Crippen molar-refractivity contribution < 1.29 is 19.4 Å². The number of amides is 1. The van der Waals surface area contributed by atoms with Crippen molar-refractivity contribution in [1.29, 1.82) is 0 Å². The van der Waals surface area contributed by atoms with Crippen LogP contribution in [0.15, 0.2) is 84.1 Å². The van der Waals surface area contributed by atoms with Crippen molar-refractivity contribution in [1.82, 2.24) is 4.98 Å². The number of rotatable bonds is 7. The summed E-state index contributed by atoms with van der Waals surface area (Å²) in [4.78, 5) is 31.9. The first-order valence-electron chi connectivity index (χ1n) is 9.31. The standard InChI is InChI=1S/C23H17ClN2O4S/c1-2-11-30-17-8-6-14(7-9-17)20(27)18-19(15-4-3-5-16(24)13-15)26(22(29)21(18)28)23-25-10-12-31-23/h2-10,12-13,19,28H,1,11H2. The fourth-order valence-electron chi connectivity index (χ4n) is 3.37. The highest BCUT2D eigenvalue weighted by atomic mass is 35.5. The van der Waals surface area contributed by atoms with Gasteiger partial charge in [-0.25, -0.2) is 4.98 Å². The number of aliphatic hydroxyl groups is 1. The van der Waals surface area contributed by atoms with Crippen molar-refractivity contribution in [2.45, 2.75) is 6.04 Å². The third kappa shape index (κ3) is 3.97. The molecule has 0 spiro atoms. The minimum absolute atomic E-state index is 0.0257. The van der Waals surface area contributed by atoms with Crippen molar-refractivity contribution >= 4 is 39.8 Å². The minimum atomic E-state index is -0.860. The van der Waals surface area contributed by atoms with Crippen LogP contribution in [0.3, 0.4) is 0 Å². The number of anilines is 1. The summed E-state index contributed by atoms with van der Waals surface area (Å²) in [5, 5.41) is 13.2. The van der Waals surface area contributed by atoms with Crippen LogP contribution < -0.4 is 9.64 Å². The van der Waals surface area contributed by atoms with Crippen molar-refractivity contribution in [3.8, 4) is 5.75 Å². The normalized spacial score (nSPS) is 16.0. The Kier molecular flexibility index (Phi) is 5.88. The molecule has 0 fully saturated rings. The number of benzene rings is 2. The Labute approximate surface area is 187 Å². The van der Waals surface area contributed by atoms with Gasteiger partial charge in [-0.1, -0.05) is 36.4 Å². The number of aliphatic hydroxyl groups excluding tert-OH is 1. The van der Waals surface area contributed by atoms with E-state index in [0.29, 0.717) is 33.6 Å². The summed E-state index contributed by atoms with van der Waals surface area (Å²) in [7, 11) is 0. The Bertz CT molecular complexity index is 1170. The van der Waals surface area contributed by atoms with Crippen LogP contribution in [0.25, 0.3) is 0 Å². The van der Waals surface area contributed by atoms with Gasteiger partial charge in [0.1, 0.15) is 12.4 Å². The van der Waals surface area contributed by atoms with Gasteiger partial charge in [0.25, 0.3) is 5.91 Å².